The largest absolute Gasteiger partial charge is 0.481 e. The van der Waals surface area contributed by atoms with Crippen LogP contribution in [0, 0.1) is 5.41 Å². The molecule has 0 saturated carbocycles. The zero-order valence-electron chi connectivity index (χ0n) is 15.0. The maximum absolute atomic E-state index is 12.4. The Morgan fingerprint density at radius 3 is 2.38 bits per heavy atom. The molecular formula is C20H29NO3. The molecule has 0 aromatic heterocycles. The number of carbonyl (C=O) groups excluding carboxylic acids is 1. The Morgan fingerprint density at radius 2 is 1.79 bits per heavy atom. The third-order valence-corrected chi connectivity index (χ3v) is 5.56. The number of nitrogens with one attached hydrogen (secondary N) is 1. The van der Waals surface area contributed by atoms with Crippen LogP contribution in [-0.2, 0) is 22.4 Å². The monoisotopic (exact) mass is 331 g/mol. The smallest absolute Gasteiger partial charge is 0.310 e. The van der Waals surface area contributed by atoms with Gasteiger partial charge in [-0.3, -0.25) is 9.59 Å². The van der Waals surface area contributed by atoms with E-state index in [2.05, 4.69) is 23.5 Å². The standard InChI is InChI=1S/C20H29NO3/c1-4-20(5-2,19(23)24)13-18(22)21-14(3)16-11-10-15-8-6-7-9-17(15)12-16/h10-12,14H,4-9,13H2,1-3H3,(H,21,22)(H,23,24). The van der Waals surface area contributed by atoms with Gasteiger partial charge in [0.2, 0.25) is 5.91 Å². The molecule has 4 heteroatoms. The zero-order chi connectivity index (χ0) is 17.7. The van der Waals surface area contributed by atoms with Crippen molar-refractivity contribution in [3.63, 3.8) is 0 Å². The number of hydrogen-bond acceptors (Lipinski definition) is 2. The van der Waals surface area contributed by atoms with Gasteiger partial charge >= 0.3 is 5.97 Å². The van der Waals surface area contributed by atoms with Gasteiger partial charge in [-0.2, -0.15) is 0 Å². The van der Waals surface area contributed by atoms with E-state index in [0.29, 0.717) is 12.8 Å². The molecule has 1 aliphatic carbocycles. The topological polar surface area (TPSA) is 66.4 Å². The van der Waals surface area contributed by atoms with Crippen molar-refractivity contribution in [1.82, 2.24) is 5.32 Å². The normalized spacial score (nSPS) is 15.5. The third kappa shape index (κ3) is 3.97. The highest BCUT2D eigenvalue weighted by molar-refractivity contribution is 5.85. The first-order valence-electron chi connectivity index (χ1n) is 9.06. The van der Waals surface area contributed by atoms with Gasteiger partial charge in [0.1, 0.15) is 0 Å². The second-order valence-electron chi connectivity index (χ2n) is 6.99. The van der Waals surface area contributed by atoms with Gasteiger partial charge in [0.15, 0.2) is 0 Å². The van der Waals surface area contributed by atoms with Gasteiger partial charge < -0.3 is 10.4 Å². The quantitative estimate of drug-likeness (QED) is 0.793. The molecule has 0 radical (unpaired) electrons. The second-order valence-corrected chi connectivity index (χ2v) is 6.99. The maximum Gasteiger partial charge on any atom is 0.310 e. The van der Waals surface area contributed by atoms with E-state index in [1.54, 1.807) is 0 Å². The third-order valence-electron chi connectivity index (χ3n) is 5.56. The fourth-order valence-electron chi connectivity index (χ4n) is 3.58. The number of carboxylic acid groups (broad SMARTS) is 1. The number of aliphatic carboxylic acids is 1. The minimum absolute atomic E-state index is 0.0324. The number of carboxylic acids is 1. The fraction of sp³-hybridized carbons (Fsp3) is 0.600. The Bertz CT molecular complexity index is 605. The highest BCUT2D eigenvalue weighted by Crippen LogP contribution is 2.31. The molecule has 1 aromatic rings. The Kier molecular flexibility index (Phi) is 6.03. The first kappa shape index (κ1) is 18.5. The van der Waals surface area contributed by atoms with E-state index in [4.69, 9.17) is 0 Å². The van der Waals surface area contributed by atoms with E-state index in [-0.39, 0.29) is 18.4 Å². The molecule has 1 aromatic carbocycles. The second kappa shape index (κ2) is 7.82. The molecule has 2 N–H and O–H groups in total. The Hall–Kier alpha value is -1.84. The minimum Gasteiger partial charge on any atom is -0.481 e. The van der Waals surface area contributed by atoms with E-state index < -0.39 is 11.4 Å². The van der Waals surface area contributed by atoms with Crippen molar-refractivity contribution in [1.29, 1.82) is 0 Å². The highest BCUT2D eigenvalue weighted by Gasteiger charge is 2.37. The summed E-state index contributed by atoms with van der Waals surface area (Å²) >= 11 is 0. The summed E-state index contributed by atoms with van der Waals surface area (Å²) in [5.41, 5.74) is 2.95. The minimum atomic E-state index is -0.959. The molecule has 1 aliphatic rings. The summed E-state index contributed by atoms with van der Waals surface area (Å²) in [6.07, 6.45) is 5.68. The lowest BCUT2D eigenvalue weighted by Gasteiger charge is -2.27. The van der Waals surface area contributed by atoms with Crippen molar-refractivity contribution < 1.29 is 14.7 Å². The molecule has 0 saturated heterocycles. The molecule has 1 unspecified atom stereocenters. The molecule has 132 valence electrons. The number of aryl methyl sites for hydroxylation is 2. The van der Waals surface area contributed by atoms with Gasteiger partial charge in [0.05, 0.1) is 11.5 Å². The van der Waals surface area contributed by atoms with Crippen molar-refractivity contribution in [2.75, 3.05) is 0 Å². The zero-order valence-corrected chi connectivity index (χ0v) is 15.0. The Morgan fingerprint density at radius 1 is 1.17 bits per heavy atom. The van der Waals surface area contributed by atoms with Crippen LogP contribution in [0.15, 0.2) is 18.2 Å². The van der Waals surface area contributed by atoms with Crippen molar-refractivity contribution in [3.05, 3.63) is 34.9 Å². The molecule has 0 fully saturated rings. The molecule has 1 atom stereocenters. The van der Waals surface area contributed by atoms with Crippen LogP contribution in [0.3, 0.4) is 0 Å². The summed E-state index contributed by atoms with van der Waals surface area (Å²) in [7, 11) is 0. The van der Waals surface area contributed by atoms with Crippen molar-refractivity contribution in [2.24, 2.45) is 5.41 Å². The average Bonchev–Trinajstić information content (AvgIpc) is 2.58. The summed E-state index contributed by atoms with van der Waals surface area (Å²) in [5, 5.41) is 12.5. The molecular weight excluding hydrogens is 302 g/mol. The molecule has 1 amide bonds. The predicted octanol–water partition coefficient (Wildman–Crippen LogP) is 4.02. The van der Waals surface area contributed by atoms with Crippen LogP contribution in [0.2, 0.25) is 0 Å². The first-order chi connectivity index (χ1) is 11.4. The molecule has 0 heterocycles. The van der Waals surface area contributed by atoms with Crippen LogP contribution in [0.25, 0.3) is 0 Å². The Balaban J connectivity index is 2.04. The molecule has 0 spiro atoms. The summed E-state index contributed by atoms with van der Waals surface area (Å²) in [6.45, 7) is 5.62. The van der Waals surface area contributed by atoms with Crippen molar-refractivity contribution in [3.8, 4) is 0 Å². The van der Waals surface area contributed by atoms with Crippen LogP contribution in [-0.4, -0.2) is 17.0 Å². The highest BCUT2D eigenvalue weighted by atomic mass is 16.4. The number of amides is 1. The van der Waals surface area contributed by atoms with Crippen molar-refractivity contribution in [2.45, 2.75) is 71.8 Å². The summed E-state index contributed by atoms with van der Waals surface area (Å²) in [4.78, 5) is 23.9. The van der Waals surface area contributed by atoms with Crippen molar-refractivity contribution >= 4 is 11.9 Å². The maximum atomic E-state index is 12.4. The van der Waals surface area contributed by atoms with E-state index in [9.17, 15) is 14.7 Å². The Labute approximate surface area is 144 Å². The van der Waals surface area contributed by atoms with Crippen LogP contribution < -0.4 is 5.32 Å². The van der Waals surface area contributed by atoms with Gasteiger partial charge in [-0.05, 0) is 62.1 Å². The van der Waals surface area contributed by atoms with E-state index in [1.165, 1.54) is 24.0 Å². The van der Waals surface area contributed by atoms with Crippen LogP contribution in [0.1, 0.15) is 75.6 Å². The number of hydrogen-bond donors (Lipinski definition) is 2. The summed E-state index contributed by atoms with van der Waals surface area (Å²) < 4.78 is 0. The molecule has 24 heavy (non-hydrogen) atoms. The van der Waals surface area contributed by atoms with E-state index in [1.807, 2.05) is 20.8 Å². The fourth-order valence-corrected chi connectivity index (χ4v) is 3.58. The molecule has 0 aliphatic heterocycles. The van der Waals surface area contributed by atoms with Crippen LogP contribution in [0.5, 0.6) is 0 Å². The van der Waals surface area contributed by atoms with E-state index >= 15 is 0 Å². The number of rotatable bonds is 7. The van der Waals surface area contributed by atoms with E-state index in [0.717, 1.165) is 18.4 Å². The molecule has 2 rings (SSSR count). The average molecular weight is 331 g/mol. The van der Waals surface area contributed by atoms with Crippen LogP contribution in [0.4, 0.5) is 0 Å². The van der Waals surface area contributed by atoms with Gasteiger partial charge in [-0.15, -0.1) is 0 Å². The van der Waals surface area contributed by atoms with Crippen LogP contribution >= 0.6 is 0 Å². The number of benzene rings is 1. The number of fused-ring (bicyclic) bond motifs is 1. The summed E-state index contributed by atoms with van der Waals surface area (Å²) in [6, 6.07) is 6.35. The van der Waals surface area contributed by atoms with Gasteiger partial charge in [0, 0.05) is 6.42 Å². The van der Waals surface area contributed by atoms with Gasteiger partial charge in [0.25, 0.3) is 0 Å². The van der Waals surface area contributed by atoms with Gasteiger partial charge in [-0.1, -0.05) is 32.0 Å². The lowest BCUT2D eigenvalue weighted by atomic mass is 9.79. The molecule has 4 nitrogen and oxygen atoms in total. The SMILES string of the molecule is CCC(CC)(CC(=O)NC(C)c1ccc2c(c1)CCCC2)C(=O)O. The molecule has 0 bridgehead atoms. The lowest BCUT2D eigenvalue weighted by molar-refractivity contribution is -0.152. The summed E-state index contributed by atoms with van der Waals surface area (Å²) in [5.74, 6) is -1.07. The predicted molar refractivity (Wildman–Crippen MR) is 94.9 cm³/mol. The first-order valence-corrected chi connectivity index (χ1v) is 9.06. The lowest BCUT2D eigenvalue weighted by Crippen LogP contribution is -2.37. The number of carbonyl (C=O) groups is 2. The van der Waals surface area contributed by atoms with Gasteiger partial charge in [-0.25, -0.2) is 0 Å².